The average molecular weight is 274 g/mol. The van der Waals surface area contributed by atoms with Crippen molar-refractivity contribution >= 4 is 17.5 Å². The second kappa shape index (κ2) is 5.22. The average Bonchev–Trinajstić information content (AvgIpc) is 3.08. The van der Waals surface area contributed by atoms with Gasteiger partial charge in [-0.3, -0.25) is 4.79 Å². The van der Waals surface area contributed by atoms with Gasteiger partial charge in [0.1, 0.15) is 11.6 Å². The second-order valence-electron chi connectivity index (χ2n) is 4.62. The largest absolute Gasteiger partial charge is 0.355 e. The van der Waals surface area contributed by atoms with Crippen LogP contribution < -0.4 is 5.32 Å². The van der Waals surface area contributed by atoms with Gasteiger partial charge in [0.05, 0.1) is 0 Å². The molecule has 0 radical (unpaired) electrons. The number of alkyl halides is 1. The summed E-state index contributed by atoms with van der Waals surface area (Å²) in [5.41, 5.74) is 0.120. The van der Waals surface area contributed by atoms with Gasteiger partial charge in [0.15, 0.2) is 0 Å². The molecular formula is C13H14ClF2NO. The van der Waals surface area contributed by atoms with Gasteiger partial charge in [0, 0.05) is 30.3 Å². The maximum absolute atomic E-state index is 13.7. The van der Waals surface area contributed by atoms with E-state index in [1.807, 2.05) is 0 Å². The van der Waals surface area contributed by atoms with Gasteiger partial charge in [0.2, 0.25) is 5.91 Å². The van der Waals surface area contributed by atoms with Crippen molar-refractivity contribution in [2.45, 2.75) is 24.7 Å². The Morgan fingerprint density at radius 2 is 2.11 bits per heavy atom. The minimum atomic E-state index is -0.585. The van der Waals surface area contributed by atoms with E-state index in [9.17, 15) is 13.6 Å². The van der Waals surface area contributed by atoms with Gasteiger partial charge in [-0.15, -0.1) is 11.6 Å². The molecule has 0 unspecified atom stereocenters. The predicted octanol–water partition coefficient (Wildman–Crippen LogP) is 2.74. The number of halogens is 3. The molecule has 0 bridgehead atoms. The lowest BCUT2D eigenvalue weighted by molar-refractivity contribution is -0.120. The summed E-state index contributed by atoms with van der Waals surface area (Å²) in [7, 11) is 0. The zero-order valence-corrected chi connectivity index (χ0v) is 10.6. The molecule has 98 valence electrons. The third-order valence-electron chi connectivity index (χ3n) is 3.30. The number of rotatable bonds is 5. The molecule has 1 amide bonds. The monoisotopic (exact) mass is 273 g/mol. The van der Waals surface area contributed by atoms with Crippen LogP contribution in [0.2, 0.25) is 0 Å². The molecule has 0 heterocycles. The van der Waals surface area contributed by atoms with Gasteiger partial charge in [-0.2, -0.15) is 0 Å². The third-order valence-corrected chi connectivity index (χ3v) is 3.49. The van der Waals surface area contributed by atoms with Gasteiger partial charge in [-0.1, -0.05) is 6.07 Å². The fourth-order valence-electron chi connectivity index (χ4n) is 2.05. The number of carbonyl (C=O) groups is 1. The molecule has 1 aromatic carbocycles. The maximum atomic E-state index is 13.7. The molecule has 2 nitrogen and oxygen atoms in total. The van der Waals surface area contributed by atoms with Crippen molar-refractivity contribution in [3.05, 3.63) is 35.4 Å². The van der Waals surface area contributed by atoms with Crippen LogP contribution in [-0.2, 0) is 10.2 Å². The fraction of sp³-hybridized carbons (Fsp3) is 0.462. The smallest absolute Gasteiger partial charge is 0.221 e. The van der Waals surface area contributed by atoms with Crippen LogP contribution in [0, 0.1) is 11.6 Å². The molecular weight excluding hydrogens is 260 g/mol. The van der Waals surface area contributed by atoms with E-state index in [1.54, 1.807) is 0 Å². The van der Waals surface area contributed by atoms with Crippen molar-refractivity contribution in [1.82, 2.24) is 5.32 Å². The van der Waals surface area contributed by atoms with Crippen LogP contribution in [0.15, 0.2) is 18.2 Å². The zero-order valence-electron chi connectivity index (χ0n) is 9.81. The van der Waals surface area contributed by atoms with Crippen LogP contribution in [0.5, 0.6) is 0 Å². The highest BCUT2D eigenvalue weighted by Crippen LogP contribution is 2.48. The van der Waals surface area contributed by atoms with E-state index in [0.717, 1.165) is 18.9 Å². The summed E-state index contributed by atoms with van der Waals surface area (Å²) < 4.78 is 26.5. The van der Waals surface area contributed by atoms with Crippen LogP contribution in [0.4, 0.5) is 8.78 Å². The molecule has 1 aromatic rings. The van der Waals surface area contributed by atoms with Gasteiger partial charge in [0.25, 0.3) is 0 Å². The van der Waals surface area contributed by atoms with Crippen molar-refractivity contribution in [3.63, 3.8) is 0 Å². The number of benzene rings is 1. The summed E-state index contributed by atoms with van der Waals surface area (Å²) in [5.74, 6) is -1.000. The predicted molar refractivity (Wildman–Crippen MR) is 65.6 cm³/mol. The van der Waals surface area contributed by atoms with Crippen molar-refractivity contribution in [2.24, 2.45) is 0 Å². The van der Waals surface area contributed by atoms with E-state index in [1.165, 1.54) is 12.1 Å². The Balaban J connectivity index is 2.05. The van der Waals surface area contributed by atoms with E-state index in [-0.39, 0.29) is 23.6 Å². The SMILES string of the molecule is O=C(CCCl)NCC1(c2ccc(F)cc2F)CC1. The highest BCUT2D eigenvalue weighted by molar-refractivity contribution is 6.18. The topological polar surface area (TPSA) is 29.1 Å². The Morgan fingerprint density at radius 3 is 2.67 bits per heavy atom. The minimum absolute atomic E-state index is 0.140. The molecule has 1 saturated carbocycles. The molecule has 0 atom stereocenters. The number of amides is 1. The molecule has 2 rings (SSSR count). The molecule has 1 aliphatic rings. The van der Waals surface area contributed by atoms with Crippen molar-refractivity contribution in [3.8, 4) is 0 Å². The molecule has 0 aromatic heterocycles. The van der Waals surface area contributed by atoms with Crippen LogP contribution in [0.25, 0.3) is 0 Å². The van der Waals surface area contributed by atoms with E-state index in [2.05, 4.69) is 5.32 Å². The number of nitrogens with one attached hydrogen (secondary N) is 1. The van der Waals surface area contributed by atoms with Crippen LogP contribution in [-0.4, -0.2) is 18.3 Å². The molecule has 0 aliphatic heterocycles. The van der Waals surface area contributed by atoms with Gasteiger partial charge < -0.3 is 5.32 Å². The fourth-order valence-corrected chi connectivity index (χ4v) is 2.23. The third kappa shape index (κ3) is 2.80. The standard InChI is InChI=1S/C13H14ClF2NO/c14-6-3-12(18)17-8-13(4-5-13)10-2-1-9(15)7-11(10)16/h1-2,7H,3-6,8H2,(H,17,18). The van der Waals surface area contributed by atoms with Crippen molar-refractivity contribution in [2.75, 3.05) is 12.4 Å². The summed E-state index contributed by atoms with van der Waals surface area (Å²) in [4.78, 5) is 11.3. The lowest BCUT2D eigenvalue weighted by atomic mass is 9.95. The molecule has 1 aliphatic carbocycles. The molecule has 18 heavy (non-hydrogen) atoms. The van der Waals surface area contributed by atoms with E-state index < -0.39 is 11.6 Å². The van der Waals surface area contributed by atoms with Gasteiger partial charge in [-0.05, 0) is 24.5 Å². The molecule has 0 saturated heterocycles. The summed E-state index contributed by atoms with van der Waals surface area (Å²) in [5, 5.41) is 2.74. The highest BCUT2D eigenvalue weighted by atomic mass is 35.5. The van der Waals surface area contributed by atoms with E-state index in [4.69, 9.17) is 11.6 Å². The van der Waals surface area contributed by atoms with E-state index >= 15 is 0 Å². The first-order valence-electron chi connectivity index (χ1n) is 5.86. The van der Waals surface area contributed by atoms with Crippen molar-refractivity contribution in [1.29, 1.82) is 0 Å². The molecule has 5 heteroatoms. The Labute approximate surface area is 109 Å². The van der Waals surface area contributed by atoms with Crippen LogP contribution in [0.1, 0.15) is 24.8 Å². The second-order valence-corrected chi connectivity index (χ2v) is 5.00. The number of hydrogen-bond acceptors (Lipinski definition) is 1. The summed E-state index contributed by atoms with van der Waals surface area (Å²) in [6.07, 6.45) is 1.86. The Bertz CT molecular complexity index is 460. The minimum Gasteiger partial charge on any atom is -0.355 e. The van der Waals surface area contributed by atoms with Crippen LogP contribution >= 0.6 is 11.6 Å². The quantitative estimate of drug-likeness (QED) is 0.821. The number of hydrogen-bond donors (Lipinski definition) is 1. The first-order valence-corrected chi connectivity index (χ1v) is 6.39. The first-order chi connectivity index (χ1) is 8.57. The Kier molecular flexibility index (Phi) is 3.85. The lowest BCUT2D eigenvalue weighted by Gasteiger charge is -2.17. The van der Waals surface area contributed by atoms with Crippen molar-refractivity contribution < 1.29 is 13.6 Å². The normalized spacial score (nSPS) is 16.4. The number of carbonyl (C=O) groups excluding carboxylic acids is 1. The first kappa shape index (κ1) is 13.3. The molecule has 0 spiro atoms. The maximum Gasteiger partial charge on any atom is 0.221 e. The van der Waals surface area contributed by atoms with Gasteiger partial charge >= 0.3 is 0 Å². The highest BCUT2D eigenvalue weighted by Gasteiger charge is 2.46. The Morgan fingerprint density at radius 1 is 1.39 bits per heavy atom. The molecule has 1 fully saturated rings. The summed E-state index contributed by atoms with van der Waals surface area (Å²) in [6, 6.07) is 3.60. The van der Waals surface area contributed by atoms with E-state index in [0.29, 0.717) is 12.1 Å². The zero-order chi connectivity index (χ0) is 13.2. The molecule has 1 N–H and O–H groups in total. The summed E-state index contributed by atoms with van der Waals surface area (Å²) in [6.45, 7) is 0.380. The summed E-state index contributed by atoms with van der Waals surface area (Å²) >= 11 is 5.46. The Hall–Kier alpha value is -1.16. The lowest BCUT2D eigenvalue weighted by Crippen LogP contribution is -2.32. The van der Waals surface area contributed by atoms with Gasteiger partial charge in [-0.25, -0.2) is 8.78 Å². The van der Waals surface area contributed by atoms with Crippen LogP contribution in [0.3, 0.4) is 0 Å².